The van der Waals surface area contributed by atoms with Crippen LogP contribution in [0, 0.1) is 10.7 Å². The fourth-order valence-corrected chi connectivity index (χ4v) is 4.31. The zero-order valence-corrected chi connectivity index (χ0v) is 16.9. The third kappa shape index (κ3) is 4.18. The van der Waals surface area contributed by atoms with Crippen LogP contribution in [0.25, 0.3) is 0 Å². The van der Waals surface area contributed by atoms with Crippen molar-refractivity contribution in [2.75, 3.05) is 6.54 Å². The molecular weight excluding hydrogens is 599 g/mol. The van der Waals surface area contributed by atoms with E-state index in [1.54, 1.807) is 4.90 Å². The van der Waals surface area contributed by atoms with Crippen LogP contribution in [0.4, 0.5) is 0 Å². The second-order valence-electron chi connectivity index (χ2n) is 4.62. The lowest BCUT2D eigenvalue weighted by molar-refractivity contribution is -0.137. The molecule has 1 N–H and O–H groups in total. The third-order valence-electron chi connectivity index (χ3n) is 3.04. The highest BCUT2D eigenvalue weighted by molar-refractivity contribution is 14.1. The number of amides is 1. The number of rotatable bonds is 5. The standard InChI is InChI=1S/C13H12I3NO3/c14-7-5-9(12(16)10(15)6-7)13(20)17(8-1-2-8)4-3-11(18)19/h5-6,8H,1-4H2,(H,18,19). The first-order valence-electron chi connectivity index (χ1n) is 6.07. The number of carbonyl (C=O) groups excluding carboxylic acids is 1. The van der Waals surface area contributed by atoms with Crippen LogP contribution in [-0.4, -0.2) is 34.5 Å². The predicted octanol–water partition coefficient (Wildman–Crippen LogP) is 3.58. The Labute approximate surface area is 158 Å². The fourth-order valence-electron chi connectivity index (χ4n) is 1.92. The van der Waals surface area contributed by atoms with Crippen LogP contribution in [0.5, 0.6) is 0 Å². The summed E-state index contributed by atoms with van der Waals surface area (Å²) in [7, 11) is 0. The van der Waals surface area contributed by atoms with E-state index in [1.807, 2.05) is 12.1 Å². The molecule has 1 aliphatic carbocycles. The van der Waals surface area contributed by atoms with Gasteiger partial charge in [-0.05, 0) is 92.7 Å². The first kappa shape index (κ1) is 16.7. The van der Waals surface area contributed by atoms with Gasteiger partial charge in [0.1, 0.15) is 0 Å². The first-order valence-corrected chi connectivity index (χ1v) is 9.31. The van der Waals surface area contributed by atoms with Crippen molar-refractivity contribution in [1.29, 1.82) is 0 Å². The number of benzene rings is 1. The van der Waals surface area contributed by atoms with Crippen molar-refractivity contribution in [2.24, 2.45) is 0 Å². The highest BCUT2D eigenvalue weighted by Gasteiger charge is 2.34. The highest BCUT2D eigenvalue weighted by Crippen LogP contribution is 2.31. The van der Waals surface area contributed by atoms with E-state index in [-0.39, 0.29) is 24.9 Å². The largest absolute Gasteiger partial charge is 0.481 e. The molecule has 1 aromatic rings. The molecule has 0 radical (unpaired) electrons. The van der Waals surface area contributed by atoms with Gasteiger partial charge in [0.05, 0.1) is 12.0 Å². The van der Waals surface area contributed by atoms with Gasteiger partial charge in [-0.1, -0.05) is 0 Å². The molecule has 1 saturated carbocycles. The summed E-state index contributed by atoms with van der Waals surface area (Å²) in [5, 5.41) is 8.82. The third-order valence-corrected chi connectivity index (χ3v) is 6.71. The van der Waals surface area contributed by atoms with Gasteiger partial charge in [0, 0.05) is 23.3 Å². The SMILES string of the molecule is O=C(O)CCN(C(=O)c1cc(I)cc(I)c1I)C1CC1. The maximum Gasteiger partial charge on any atom is 0.305 e. The lowest BCUT2D eigenvalue weighted by Gasteiger charge is -2.22. The van der Waals surface area contributed by atoms with Gasteiger partial charge in [0.2, 0.25) is 0 Å². The van der Waals surface area contributed by atoms with E-state index in [0.29, 0.717) is 5.56 Å². The molecule has 0 bridgehead atoms. The smallest absolute Gasteiger partial charge is 0.305 e. The van der Waals surface area contributed by atoms with Crippen molar-refractivity contribution in [1.82, 2.24) is 4.90 Å². The molecule has 1 aliphatic rings. The van der Waals surface area contributed by atoms with E-state index < -0.39 is 5.97 Å². The van der Waals surface area contributed by atoms with Gasteiger partial charge in [-0.25, -0.2) is 0 Å². The number of aliphatic carboxylic acids is 1. The second-order valence-corrected chi connectivity index (χ2v) is 8.11. The molecule has 0 saturated heterocycles. The molecule has 0 aromatic heterocycles. The summed E-state index contributed by atoms with van der Waals surface area (Å²) in [6, 6.07) is 4.12. The minimum Gasteiger partial charge on any atom is -0.481 e. The average Bonchev–Trinajstić information content (AvgIpc) is 3.17. The van der Waals surface area contributed by atoms with Crippen LogP contribution in [0.3, 0.4) is 0 Å². The number of carboxylic acids is 1. The van der Waals surface area contributed by atoms with Crippen LogP contribution < -0.4 is 0 Å². The van der Waals surface area contributed by atoms with Crippen LogP contribution in [0.2, 0.25) is 0 Å². The number of nitrogens with zero attached hydrogens (tertiary/aromatic N) is 1. The molecule has 0 spiro atoms. The number of carbonyl (C=O) groups is 2. The Morgan fingerprint density at radius 3 is 2.45 bits per heavy atom. The summed E-state index contributed by atoms with van der Waals surface area (Å²) in [5.74, 6) is -0.912. The predicted molar refractivity (Wildman–Crippen MR) is 101 cm³/mol. The zero-order chi connectivity index (χ0) is 14.9. The number of halogens is 3. The number of hydrogen-bond acceptors (Lipinski definition) is 2. The van der Waals surface area contributed by atoms with Crippen LogP contribution >= 0.6 is 67.8 Å². The molecule has 1 aromatic carbocycles. The Bertz CT molecular complexity index is 558. The maximum atomic E-state index is 12.7. The Hall–Kier alpha value is 0.350. The zero-order valence-electron chi connectivity index (χ0n) is 10.4. The molecule has 0 atom stereocenters. The summed E-state index contributed by atoms with van der Waals surface area (Å²) >= 11 is 6.60. The lowest BCUT2D eigenvalue weighted by atomic mass is 10.2. The van der Waals surface area contributed by atoms with E-state index in [9.17, 15) is 9.59 Å². The average molecular weight is 611 g/mol. The van der Waals surface area contributed by atoms with Crippen molar-refractivity contribution in [3.8, 4) is 0 Å². The Morgan fingerprint density at radius 2 is 1.90 bits per heavy atom. The van der Waals surface area contributed by atoms with Crippen LogP contribution in [0.1, 0.15) is 29.6 Å². The number of hydrogen-bond donors (Lipinski definition) is 1. The van der Waals surface area contributed by atoms with Gasteiger partial charge in [-0.3, -0.25) is 9.59 Å². The van der Waals surface area contributed by atoms with Crippen LogP contribution in [-0.2, 0) is 4.79 Å². The Kier molecular flexibility index (Phi) is 5.91. The normalized spacial score (nSPS) is 14.2. The van der Waals surface area contributed by atoms with Crippen molar-refractivity contribution in [3.05, 3.63) is 28.4 Å². The molecule has 7 heteroatoms. The molecule has 4 nitrogen and oxygen atoms in total. The summed E-state index contributed by atoms with van der Waals surface area (Å²) in [6.07, 6.45) is 1.95. The van der Waals surface area contributed by atoms with Crippen molar-refractivity contribution in [3.63, 3.8) is 0 Å². The molecule has 0 aliphatic heterocycles. The molecule has 20 heavy (non-hydrogen) atoms. The number of carboxylic acid groups (broad SMARTS) is 1. The van der Waals surface area contributed by atoms with Gasteiger partial charge >= 0.3 is 5.97 Å². The van der Waals surface area contributed by atoms with Gasteiger partial charge < -0.3 is 10.0 Å². The fraction of sp³-hybridized carbons (Fsp3) is 0.385. The van der Waals surface area contributed by atoms with E-state index in [0.717, 1.165) is 23.6 Å². The van der Waals surface area contributed by atoms with Gasteiger partial charge in [-0.15, -0.1) is 0 Å². The summed E-state index contributed by atoms with van der Waals surface area (Å²) in [5.41, 5.74) is 0.680. The highest BCUT2D eigenvalue weighted by atomic mass is 127. The quantitative estimate of drug-likeness (QED) is 0.410. The molecule has 1 fully saturated rings. The van der Waals surface area contributed by atoms with Gasteiger partial charge in [0.25, 0.3) is 5.91 Å². The molecule has 0 unspecified atom stereocenters. The molecule has 1 amide bonds. The Morgan fingerprint density at radius 1 is 1.25 bits per heavy atom. The monoisotopic (exact) mass is 611 g/mol. The van der Waals surface area contributed by atoms with Crippen molar-refractivity contribution >= 4 is 79.6 Å². The van der Waals surface area contributed by atoms with Gasteiger partial charge in [-0.2, -0.15) is 0 Å². The lowest BCUT2D eigenvalue weighted by Crippen LogP contribution is -2.35. The molecule has 2 rings (SSSR count). The van der Waals surface area contributed by atoms with E-state index in [4.69, 9.17) is 5.11 Å². The maximum absolute atomic E-state index is 12.7. The van der Waals surface area contributed by atoms with Crippen molar-refractivity contribution in [2.45, 2.75) is 25.3 Å². The van der Waals surface area contributed by atoms with Crippen LogP contribution in [0.15, 0.2) is 12.1 Å². The van der Waals surface area contributed by atoms with Crippen molar-refractivity contribution < 1.29 is 14.7 Å². The Balaban J connectivity index is 2.25. The summed E-state index contributed by atoms with van der Waals surface area (Å²) in [4.78, 5) is 25.1. The molecular formula is C13H12I3NO3. The van der Waals surface area contributed by atoms with Gasteiger partial charge in [0.15, 0.2) is 0 Å². The first-order chi connectivity index (χ1) is 9.40. The summed E-state index contributed by atoms with van der Waals surface area (Å²) < 4.78 is 3.01. The minimum absolute atomic E-state index is 0.000162. The topological polar surface area (TPSA) is 57.6 Å². The summed E-state index contributed by atoms with van der Waals surface area (Å²) in [6.45, 7) is 0.289. The van der Waals surface area contributed by atoms with E-state index in [1.165, 1.54) is 0 Å². The minimum atomic E-state index is -0.865. The molecule has 0 heterocycles. The van der Waals surface area contributed by atoms with E-state index in [2.05, 4.69) is 67.8 Å². The second kappa shape index (κ2) is 7.07. The van der Waals surface area contributed by atoms with E-state index >= 15 is 0 Å². The molecule has 108 valence electrons.